The molecule has 6 nitrogen and oxygen atoms in total. The summed E-state index contributed by atoms with van der Waals surface area (Å²) in [6.07, 6.45) is 5.07. The first kappa shape index (κ1) is 13.5. The van der Waals surface area contributed by atoms with E-state index in [1.165, 1.54) is 6.42 Å². The van der Waals surface area contributed by atoms with E-state index in [4.69, 9.17) is 0 Å². The highest BCUT2D eigenvalue weighted by atomic mass is 16.2. The number of hydrogen-bond acceptors (Lipinski definition) is 4. The quantitative estimate of drug-likeness (QED) is 0.887. The lowest BCUT2D eigenvalue weighted by Gasteiger charge is -2.30. The van der Waals surface area contributed by atoms with Crippen molar-refractivity contribution in [2.75, 3.05) is 6.54 Å². The molecule has 1 aromatic rings. The molecule has 0 spiro atoms. The smallest absolute Gasteiger partial charge is 0.226 e. The SMILES string of the molecule is CC(C)N1Cc2ncnn2C[C@@H](C(=O)NC2CCC2)C1. The van der Waals surface area contributed by atoms with E-state index in [9.17, 15) is 4.79 Å². The molecule has 1 aliphatic carbocycles. The fourth-order valence-electron chi connectivity index (χ4n) is 2.79. The van der Waals surface area contributed by atoms with Crippen molar-refractivity contribution in [1.82, 2.24) is 25.0 Å². The molecule has 0 unspecified atom stereocenters. The van der Waals surface area contributed by atoms with Crippen molar-refractivity contribution in [3.05, 3.63) is 12.2 Å². The highest BCUT2D eigenvalue weighted by Crippen LogP contribution is 2.21. The molecule has 2 aliphatic rings. The average molecular weight is 277 g/mol. The minimum absolute atomic E-state index is 0.0408. The number of fused-ring (bicyclic) bond motifs is 1. The van der Waals surface area contributed by atoms with Gasteiger partial charge in [0.05, 0.1) is 19.0 Å². The molecule has 6 heteroatoms. The van der Waals surface area contributed by atoms with Gasteiger partial charge in [0.25, 0.3) is 0 Å². The normalized spacial score (nSPS) is 24.1. The van der Waals surface area contributed by atoms with Crippen LogP contribution in [-0.4, -0.2) is 44.2 Å². The molecule has 110 valence electrons. The topological polar surface area (TPSA) is 63.1 Å². The zero-order chi connectivity index (χ0) is 14.1. The molecule has 1 amide bonds. The molecule has 1 atom stereocenters. The monoisotopic (exact) mass is 277 g/mol. The molecule has 20 heavy (non-hydrogen) atoms. The fraction of sp³-hybridized carbons (Fsp3) is 0.786. The van der Waals surface area contributed by atoms with Crippen LogP contribution in [0.25, 0.3) is 0 Å². The van der Waals surface area contributed by atoms with Gasteiger partial charge in [0.2, 0.25) is 5.91 Å². The van der Waals surface area contributed by atoms with E-state index in [1.807, 2.05) is 4.68 Å². The third-order valence-electron chi connectivity index (χ3n) is 4.44. The van der Waals surface area contributed by atoms with E-state index in [-0.39, 0.29) is 11.8 Å². The molecule has 0 saturated heterocycles. The fourth-order valence-corrected chi connectivity index (χ4v) is 2.79. The molecule has 0 bridgehead atoms. The summed E-state index contributed by atoms with van der Waals surface area (Å²) in [4.78, 5) is 19.1. The molecule has 1 fully saturated rings. The maximum Gasteiger partial charge on any atom is 0.226 e. The van der Waals surface area contributed by atoms with Gasteiger partial charge in [0, 0.05) is 18.6 Å². The summed E-state index contributed by atoms with van der Waals surface area (Å²) in [6.45, 7) is 6.50. The van der Waals surface area contributed by atoms with Crippen LogP contribution in [0.4, 0.5) is 0 Å². The Hall–Kier alpha value is -1.43. The summed E-state index contributed by atoms with van der Waals surface area (Å²) >= 11 is 0. The van der Waals surface area contributed by atoms with Crippen molar-refractivity contribution in [1.29, 1.82) is 0 Å². The molecule has 1 saturated carbocycles. The zero-order valence-electron chi connectivity index (χ0n) is 12.2. The Morgan fingerprint density at radius 1 is 1.40 bits per heavy atom. The van der Waals surface area contributed by atoms with Crippen LogP contribution in [0.5, 0.6) is 0 Å². The average Bonchev–Trinajstić information content (AvgIpc) is 2.70. The first-order valence-corrected chi connectivity index (χ1v) is 7.54. The van der Waals surface area contributed by atoms with Crippen LogP contribution in [0.3, 0.4) is 0 Å². The van der Waals surface area contributed by atoms with Gasteiger partial charge in [-0.25, -0.2) is 9.67 Å². The summed E-state index contributed by atoms with van der Waals surface area (Å²) in [5.41, 5.74) is 0. The minimum Gasteiger partial charge on any atom is -0.353 e. The molecule has 0 radical (unpaired) electrons. The van der Waals surface area contributed by atoms with Gasteiger partial charge in [-0.05, 0) is 33.1 Å². The van der Waals surface area contributed by atoms with Gasteiger partial charge in [0.1, 0.15) is 12.2 Å². The van der Waals surface area contributed by atoms with E-state index in [0.29, 0.717) is 18.6 Å². The number of hydrogen-bond donors (Lipinski definition) is 1. The second kappa shape index (κ2) is 5.52. The molecule has 1 aliphatic heterocycles. The van der Waals surface area contributed by atoms with Crippen LogP contribution in [0, 0.1) is 5.92 Å². The third-order valence-corrected chi connectivity index (χ3v) is 4.44. The maximum absolute atomic E-state index is 12.5. The molecule has 3 rings (SSSR count). The van der Waals surface area contributed by atoms with Gasteiger partial charge >= 0.3 is 0 Å². The molecule has 0 aromatic carbocycles. The Morgan fingerprint density at radius 3 is 2.85 bits per heavy atom. The van der Waals surface area contributed by atoms with E-state index in [2.05, 4.69) is 34.1 Å². The predicted octanol–water partition coefficient (Wildman–Crippen LogP) is 0.787. The summed E-state index contributed by atoms with van der Waals surface area (Å²) in [6, 6.07) is 0.797. The van der Waals surface area contributed by atoms with Crippen molar-refractivity contribution in [2.24, 2.45) is 5.92 Å². The van der Waals surface area contributed by atoms with Crippen molar-refractivity contribution in [2.45, 2.75) is 58.3 Å². The number of rotatable bonds is 3. The Bertz CT molecular complexity index is 480. The largest absolute Gasteiger partial charge is 0.353 e. The van der Waals surface area contributed by atoms with E-state index in [0.717, 1.165) is 31.8 Å². The van der Waals surface area contributed by atoms with Gasteiger partial charge in [-0.2, -0.15) is 5.10 Å². The molecular formula is C14H23N5O. The number of amides is 1. The molecular weight excluding hydrogens is 254 g/mol. The molecule has 1 aromatic heterocycles. The number of aromatic nitrogens is 3. The summed E-state index contributed by atoms with van der Waals surface area (Å²) in [5.74, 6) is 1.09. The van der Waals surface area contributed by atoms with Gasteiger partial charge in [-0.1, -0.05) is 0 Å². The summed E-state index contributed by atoms with van der Waals surface area (Å²) < 4.78 is 1.88. The van der Waals surface area contributed by atoms with Crippen LogP contribution in [0.1, 0.15) is 38.9 Å². The van der Waals surface area contributed by atoms with Crippen LogP contribution >= 0.6 is 0 Å². The lowest BCUT2D eigenvalue weighted by molar-refractivity contribution is -0.127. The minimum atomic E-state index is -0.0408. The third kappa shape index (κ3) is 2.70. The highest BCUT2D eigenvalue weighted by Gasteiger charge is 2.31. The van der Waals surface area contributed by atoms with Crippen LogP contribution in [0.15, 0.2) is 6.33 Å². The number of nitrogens with one attached hydrogen (secondary N) is 1. The van der Waals surface area contributed by atoms with Crippen LogP contribution in [0.2, 0.25) is 0 Å². The van der Waals surface area contributed by atoms with Crippen molar-refractivity contribution in [3.8, 4) is 0 Å². The van der Waals surface area contributed by atoms with E-state index in [1.54, 1.807) is 6.33 Å². The van der Waals surface area contributed by atoms with Crippen molar-refractivity contribution >= 4 is 5.91 Å². The number of nitrogens with zero attached hydrogens (tertiary/aromatic N) is 4. The first-order valence-electron chi connectivity index (χ1n) is 7.54. The second-order valence-electron chi connectivity index (χ2n) is 6.21. The maximum atomic E-state index is 12.5. The Balaban J connectivity index is 1.74. The van der Waals surface area contributed by atoms with E-state index < -0.39 is 0 Å². The number of carbonyl (C=O) groups is 1. The number of carbonyl (C=O) groups excluding carboxylic acids is 1. The standard InChI is InChI=1S/C14H23N5O/c1-10(2)18-6-11(14(20)17-12-4-3-5-12)7-19-13(8-18)15-9-16-19/h9-12H,3-8H2,1-2H3,(H,17,20)/t11-/m0/s1. The van der Waals surface area contributed by atoms with Crippen LogP contribution < -0.4 is 5.32 Å². The Labute approximate surface area is 119 Å². The Kier molecular flexibility index (Phi) is 3.74. The lowest BCUT2D eigenvalue weighted by Crippen LogP contribution is -2.46. The summed E-state index contributed by atoms with van der Waals surface area (Å²) in [7, 11) is 0. The summed E-state index contributed by atoms with van der Waals surface area (Å²) in [5, 5.41) is 7.42. The van der Waals surface area contributed by atoms with Gasteiger partial charge in [-0.3, -0.25) is 9.69 Å². The molecule has 2 heterocycles. The van der Waals surface area contributed by atoms with Crippen molar-refractivity contribution < 1.29 is 4.79 Å². The zero-order valence-corrected chi connectivity index (χ0v) is 12.2. The van der Waals surface area contributed by atoms with Crippen molar-refractivity contribution in [3.63, 3.8) is 0 Å². The first-order chi connectivity index (χ1) is 9.63. The van der Waals surface area contributed by atoms with Gasteiger partial charge < -0.3 is 5.32 Å². The lowest BCUT2D eigenvalue weighted by atomic mass is 9.92. The highest BCUT2D eigenvalue weighted by molar-refractivity contribution is 5.79. The Morgan fingerprint density at radius 2 is 2.20 bits per heavy atom. The van der Waals surface area contributed by atoms with E-state index >= 15 is 0 Å². The second-order valence-corrected chi connectivity index (χ2v) is 6.21. The predicted molar refractivity (Wildman–Crippen MR) is 74.8 cm³/mol. The van der Waals surface area contributed by atoms with Gasteiger partial charge in [-0.15, -0.1) is 0 Å². The van der Waals surface area contributed by atoms with Crippen LogP contribution in [-0.2, 0) is 17.9 Å². The van der Waals surface area contributed by atoms with Gasteiger partial charge in [0.15, 0.2) is 0 Å². The molecule has 1 N–H and O–H groups in total.